The first-order valence-electron chi connectivity index (χ1n) is 5.32. The molecule has 0 bridgehead atoms. The van der Waals surface area contributed by atoms with E-state index >= 15 is 0 Å². The molecule has 0 saturated carbocycles. The fourth-order valence-electron chi connectivity index (χ4n) is 1.51. The van der Waals surface area contributed by atoms with Gasteiger partial charge in [-0.2, -0.15) is 0 Å². The number of carboxylic acids is 1. The van der Waals surface area contributed by atoms with Gasteiger partial charge in [-0.05, 0) is 19.1 Å². The Hall–Kier alpha value is -1.60. The Labute approximate surface area is 118 Å². The van der Waals surface area contributed by atoms with Crippen LogP contribution < -0.4 is 5.32 Å². The van der Waals surface area contributed by atoms with Crippen molar-refractivity contribution in [3.63, 3.8) is 0 Å². The number of nitrogens with zero attached hydrogens (tertiary/aromatic N) is 2. The number of pyridine rings is 1. The predicted octanol–water partition coefficient (Wildman–Crippen LogP) is 1.66. The second kappa shape index (κ2) is 5.18. The zero-order chi connectivity index (χ0) is 14.0. The molecule has 6 nitrogen and oxygen atoms in total. The topological polar surface area (TPSA) is 91.6 Å². The quantitative estimate of drug-likeness (QED) is 0.828. The molecule has 1 aromatic rings. The van der Waals surface area contributed by atoms with Gasteiger partial charge in [0.25, 0.3) is 5.91 Å². The summed E-state index contributed by atoms with van der Waals surface area (Å²) in [6.07, 6.45) is 2.53. The van der Waals surface area contributed by atoms with E-state index in [0.717, 1.165) is 18.0 Å². The molecule has 0 fully saturated rings. The van der Waals surface area contributed by atoms with Crippen molar-refractivity contribution >= 4 is 47.3 Å². The van der Waals surface area contributed by atoms with Gasteiger partial charge in [0.15, 0.2) is 0 Å². The lowest BCUT2D eigenvalue weighted by Gasteiger charge is -2.19. The van der Waals surface area contributed by atoms with Gasteiger partial charge in [-0.3, -0.25) is 9.79 Å². The number of carboxylic acid groups (broad SMARTS) is 1. The summed E-state index contributed by atoms with van der Waals surface area (Å²) in [7, 11) is 0. The number of thioether (sulfide) groups is 1. The maximum atomic E-state index is 12.1. The first kappa shape index (κ1) is 13.8. The number of carbonyl (C=O) groups excluding carboxylic acids is 1. The molecule has 0 spiro atoms. The Morgan fingerprint density at radius 2 is 2.26 bits per heavy atom. The molecule has 0 aliphatic carbocycles. The highest BCUT2D eigenvalue weighted by molar-refractivity contribution is 8.03. The molecule has 100 valence electrons. The van der Waals surface area contributed by atoms with Crippen molar-refractivity contribution in [1.29, 1.82) is 0 Å². The molecule has 0 radical (unpaired) electrons. The minimum atomic E-state index is -1.71. The van der Waals surface area contributed by atoms with Gasteiger partial charge in [0.2, 0.25) is 4.75 Å². The fraction of sp³-hybridized carbons (Fsp3) is 0.273. The Bertz CT molecular complexity index is 549. The maximum Gasteiger partial charge on any atom is 0.335 e. The average molecular weight is 300 g/mol. The van der Waals surface area contributed by atoms with Crippen molar-refractivity contribution in [3.05, 3.63) is 23.4 Å². The van der Waals surface area contributed by atoms with E-state index in [1.54, 1.807) is 13.0 Å². The minimum absolute atomic E-state index is 0.239. The van der Waals surface area contributed by atoms with E-state index in [4.69, 9.17) is 11.6 Å². The molecule has 1 aromatic heterocycles. The highest BCUT2D eigenvalue weighted by Gasteiger charge is 2.50. The average Bonchev–Trinajstić information content (AvgIpc) is 2.76. The Morgan fingerprint density at radius 3 is 2.74 bits per heavy atom. The van der Waals surface area contributed by atoms with Gasteiger partial charge in [0.05, 0.1) is 10.4 Å². The van der Waals surface area contributed by atoms with E-state index < -0.39 is 16.6 Å². The number of halogens is 1. The second-order valence-electron chi connectivity index (χ2n) is 3.85. The van der Waals surface area contributed by atoms with Gasteiger partial charge >= 0.3 is 5.97 Å². The Morgan fingerprint density at radius 1 is 1.53 bits per heavy atom. The van der Waals surface area contributed by atoms with Gasteiger partial charge in [-0.25, -0.2) is 9.78 Å². The molecule has 1 amide bonds. The van der Waals surface area contributed by atoms with Crippen molar-refractivity contribution in [2.45, 2.75) is 17.0 Å². The van der Waals surface area contributed by atoms with Crippen LogP contribution in [-0.2, 0) is 9.59 Å². The number of amides is 1. The molecule has 0 saturated heterocycles. The van der Waals surface area contributed by atoms with Crippen LogP contribution in [-0.4, -0.2) is 38.3 Å². The molecule has 1 aliphatic rings. The van der Waals surface area contributed by atoms with E-state index in [0.29, 0.717) is 5.02 Å². The van der Waals surface area contributed by atoms with E-state index in [-0.39, 0.29) is 11.2 Å². The van der Waals surface area contributed by atoms with Crippen molar-refractivity contribution in [2.75, 3.05) is 5.32 Å². The summed E-state index contributed by atoms with van der Waals surface area (Å²) in [5.74, 6) is -1.70. The molecule has 2 rings (SSSR count). The normalized spacial score (nSPS) is 25.3. The third kappa shape index (κ3) is 2.71. The summed E-state index contributed by atoms with van der Waals surface area (Å²) in [5, 5.41) is 11.9. The predicted molar refractivity (Wildman–Crippen MR) is 73.8 cm³/mol. The van der Waals surface area contributed by atoms with Crippen LogP contribution in [0.3, 0.4) is 0 Å². The fourth-order valence-corrected chi connectivity index (χ4v) is 2.67. The van der Waals surface area contributed by atoms with Crippen molar-refractivity contribution < 1.29 is 14.7 Å². The number of carbonyl (C=O) groups is 2. The third-order valence-corrected chi connectivity index (χ3v) is 3.97. The van der Waals surface area contributed by atoms with E-state index in [1.807, 2.05) is 0 Å². The van der Waals surface area contributed by atoms with Gasteiger partial charge in [-0.15, -0.1) is 11.8 Å². The van der Waals surface area contributed by atoms with Crippen LogP contribution in [0.1, 0.15) is 6.92 Å². The zero-order valence-corrected chi connectivity index (χ0v) is 11.4. The van der Waals surface area contributed by atoms with Gasteiger partial charge in [-0.1, -0.05) is 11.6 Å². The van der Waals surface area contributed by atoms with E-state index in [2.05, 4.69) is 15.3 Å². The van der Waals surface area contributed by atoms with Gasteiger partial charge in [0, 0.05) is 12.4 Å². The smallest absolute Gasteiger partial charge is 0.335 e. The molecule has 2 atom stereocenters. The monoisotopic (exact) mass is 299 g/mol. The number of aliphatic imine (C=N–C) groups is 1. The highest BCUT2D eigenvalue weighted by atomic mass is 35.5. The molecule has 19 heavy (non-hydrogen) atoms. The molecule has 2 N–H and O–H groups in total. The molecular weight excluding hydrogens is 290 g/mol. The zero-order valence-electron chi connectivity index (χ0n) is 9.83. The molecule has 2 heterocycles. The summed E-state index contributed by atoms with van der Waals surface area (Å²) in [4.78, 5) is 31.3. The van der Waals surface area contributed by atoms with Crippen LogP contribution in [0.15, 0.2) is 23.3 Å². The number of rotatable bonds is 3. The number of nitrogens with one attached hydrogen (secondary N) is 1. The maximum absolute atomic E-state index is 12.1. The first-order chi connectivity index (χ1) is 8.94. The van der Waals surface area contributed by atoms with Crippen molar-refractivity contribution in [2.24, 2.45) is 4.99 Å². The molecule has 0 aromatic carbocycles. The number of aromatic nitrogens is 1. The Kier molecular flexibility index (Phi) is 3.77. The molecule has 8 heteroatoms. The van der Waals surface area contributed by atoms with Crippen LogP contribution in [0, 0.1) is 0 Å². The van der Waals surface area contributed by atoms with Gasteiger partial charge in [0.1, 0.15) is 5.82 Å². The van der Waals surface area contributed by atoms with Crippen molar-refractivity contribution in [3.8, 4) is 0 Å². The van der Waals surface area contributed by atoms with E-state index in [1.165, 1.54) is 12.3 Å². The largest absolute Gasteiger partial charge is 0.480 e. The van der Waals surface area contributed by atoms with Crippen LogP contribution in [0.25, 0.3) is 0 Å². The number of aliphatic carboxylic acids is 1. The summed E-state index contributed by atoms with van der Waals surface area (Å²) in [6, 6.07) is 3.05. The summed E-state index contributed by atoms with van der Waals surface area (Å²) >= 11 is 6.64. The van der Waals surface area contributed by atoms with Crippen LogP contribution in [0.2, 0.25) is 5.02 Å². The molecule has 2 unspecified atom stereocenters. The first-order valence-corrected chi connectivity index (χ1v) is 6.58. The number of hydrogen-bond donors (Lipinski definition) is 2. The summed E-state index contributed by atoms with van der Waals surface area (Å²) in [5.41, 5.74) is 0. The third-order valence-electron chi connectivity index (χ3n) is 2.45. The SMILES string of the molecule is CC1N=CC(C(=O)O)(C(=O)Nc2ccc(Cl)cn2)S1. The number of hydrogen-bond acceptors (Lipinski definition) is 5. The van der Waals surface area contributed by atoms with Crippen LogP contribution in [0.5, 0.6) is 0 Å². The standard InChI is InChI=1S/C11H10ClN3O3S/c1-6-14-5-11(19-6,10(17)18)9(16)15-8-3-2-7(12)4-13-8/h2-6H,1H3,(H,17,18)(H,13,15,16). The second-order valence-corrected chi connectivity index (χ2v) is 5.85. The lowest BCUT2D eigenvalue weighted by Crippen LogP contribution is -2.47. The van der Waals surface area contributed by atoms with Crippen LogP contribution in [0.4, 0.5) is 5.82 Å². The van der Waals surface area contributed by atoms with E-state index in [9.17, 15) is 14.7 Å². The highest BCUT2D eigenvalue weighted by Crippen LogP contribution is 2.35. The summed E-state index contributed by atoms with van der Waals surface area (Å²) < 4.78 is -1.71. The summed E-state index contributed by atoms with van der Waals surface area (Å²) in [6.45, 7) is 1.72. The Balaban J connectivity index is 2.20. The minimum Gasteiger partial charge on any atom is -0.480 e. The molecular formula is C11H10ClN3O3S. The van der Waals surface area contributed by atoms with Gasteiger partial charge < -0.3 is 10.4 Å². The lowest BCUT2D eigenvalue weighted by atomic mass is 10.1. The van der Waals surface area contributed by atoms with Crippen LogP contribution >= 0.6 is 23.4 Å². The lowest BCUT2D eigenvalue weighted by molar-refractivity contribution is -0.140. The number of anilines is 1. The molecule has 1 aliphatic heterocycles. The van der Waals surface area contributed by atoms with Crippen molar-refractivity contribution in [1.82, 2.24) is 4.98 Å².